The number of aliphatic hydroxyl groups excluding tert-OH is 1. The molecule has 0 aliphatic carbocycles. The number of nitrogens with one attached hydrogen (secondary N) is 2. The van der Waals surface area contributed by atoms with Crippen LogP contribution in [0.25, 0.3) is 21.6 Å². The van der Waals surface area contributed by atoms with E-state index in [2.05, 4.69) is 27.4 Å². The number of thiophene rings is 1. The first-order chi connectivity index (χ1) is 19.0. The summed E-state index contributed by atoms with van der Waals surface area (Å²) >= 11 is 1.34. The molecule has 2 unspecified atom stereocenters. The molecule has 202 valence electrons. The number of aliphatic hydroxyl groups is 1. The Morgan fingerprint density at radius 2 is 2.15 bits per heavy atom. The zero-order chi connectivity index (χ0) is 27.4. The number of anilines is 1. The first kappa shape index (κ1) is 26.7. The minimum Gasteiger partial charge on any atom is -0.395 e. The van der Waals surface area contributed by atoms with E-state index in [0.29, 0.717) is 36.2 Å². The third-order valence-corrected chi connectivity index (χ3v) is 7.96. The maximum absolute atomic E-state index is 13.3. The second-order valence-electron chi connectivity index (χ2n) is 9.59. The van der Waals surface area contributed by atoms with E-state index in [4.69, 9.17) is 4.98 Å². The zero-order valence-electron chi connectivity index (χ0n) is 21.7. The Kier molecular flexibility index (Phi) is 8.10. The summed E-state index contributed by atoms with van der Waals surface area (Å²) in [6.45, 7) is 7.38. The van der Waals surface area contributed by atoms with Crippen LogP contribution in [0.5, 0.6) is 0 Å². The SMILES string of the molecule is C=CC(=O)N1CCCC1Cn1c(NC(=O)c2ccc(-c3cccnn3)s2)nc2cc(CNC(C)CO)ccc21. The van der Waals surface area contributed by atoms with Gasteiger partial charge < -0.3 is 19.9 Å². The van der Waals surface area contributed by atoms with Crippen LogP contribution in [0.2, 0.25) is 0 Å². The number of hydrogen-bond donors (Lipinski definition) is 3. The predicted molar refractivity (Wildman–Crippen MR) is 151 cm³/mol. The Bertz CT molecular complexity index is 1480. The maximum atomic E-state index is 13.3. The highest BCUT2D eigenvalue weighted by molar-refractivity contribution is 7.17. The Labute approximate surface area is 230 Å². The van der Waals surface area contributed by atoms with Crippen molar-refractivity contribution in [3.63, 3.8) is 0 Å². The average molecular weight is 546 g/mol. The van der Waals surface area contributed by atoms with Crippen LogP contribution in [0.15, 0.2) is 61.3 Å². The molecule has 3 N–H and O–H groups in total. The summed E-state index contributed by atoms with van der Waals surface area (Å²) in [6.07, 6.45) is 4.74. The molecule has 1 saturated heterocycles. The largest absolute Gasteiger partial charge is 0.395 e. The van der Waals surface area contributed by atoms with Gasteiger partial charge in [0, 0.05) is 31.9 Å². The van der Waals surface area contributed by atoms with Crippen LogP contribution in [0.4, 0.5) is 5.95 Å². The molecule has 4 aromatic rings. The van der Waals surface area contributed by atoms with Crippen LogP contribution in [0.1, 0.15) is 35.0 Å². The number of carbonyl (C=O) groups is 2. The van der Waals surface area contributed by atoms with Gasteiger partial charge in [0.25, 0.3) is 5.91 Å². The minimum atomic E-state index is -0.268. The number of imidazole rings is 1. The molecule has 3 aromatic heterocycles. The molecule has 11 heteroatoms. The number of benzene rings is 1. The van der Waals surface area contributed by atoms with E-state index in [1.165, 1.54) is 17.4 Å². The molecule has 2 atom stereocenters. The number of hydrogen-bond acceptors (Lipinski definition) is 8. The Morgan fingerprint density at radius 3 is 2.92 bits per heavy atom. The quantitative estimate of drug-likeness (QED) is 0.261. The minimum absolute atomic E-state index is 0.0265. The maximum Gasteiger partial charge on any atom is 0.268 e. The van der Waals surface area contributed by atoms with E-state index in [0.717, 1.165) is 34.3 Å². The van der Waals surface area contributed by atoms with Gasteiger partial charge >= 0.3 is 0 Å². The van der Waals surface area contributed by atoms with Crippen LogP contribution < -0.4 is 10.6 Å². The van der Waals surface area contributed by atoms with Gasteiger partial charge in [-0.3, -0.25) is 14.9 Å². The summed E-state index contributed by atoms with van der Waals surface area (Å²) in [5.74, 6) is 0.0704. The van der Waals surface area contributed by atoms with Gasteiger partial charge in [-0.15, -0.1) is 16.4 Å². The molecule has 10 nitrogen and oxygen atoms in total. The molecule has 5 rings (SSSR count). The van der Waals surface area contributed by atoms with Crippen LogP contribution in [0, 0.1) is 0 Å². The van der Waals surface area contributed by atoms with Gasteiger partial charge in [-0.1, -0.05) is 12.6 Å². The van der Waals surface area contributed by atoms with Gasteiger partial charge in [0.05, 0.1) is 33.4 Å². The van der Waals surface area contributed by atoms with E-state index < -0.39 is 0 Å². The summed E-state index contributed by atoms with van der Waals surface area (Å²) in [6, 6.07) is 13.2. The van der Waals surface area contributed by atoms with Crippen molar-refractivity contribution in [3.8, 4) is 10.6 Å². The first-order valence-corrected chi connectivity index (χ1v) is 13.7. The molecule has 2 amide bonds. The van der Waals surface area contributed by atoms with Crippen molar-refractivity contribution in [1.29, 1.82) is 0 Å². The third kappa shape index (κ3) is 5.90. The van der Waals surface area contributed by atoms with Gasteiger partial charge in [-0.05, 0) is 67.8 Å². The van der Waals surface area contributed by atoms with E-state index >= 15 is 0 Å². The molecule has 1 fully saturated rings. The van der Waals surface area contributed by atoms with Crippen molar-refractivity contribution in [1.82, 2.24) is 30.0 Å². The lowest BCUT2D eigenvalue weighted by Gasteiger charge is -2.24. The number of likely N-dealkylation sites (tertiary alicyclic amines) is 1. The van der Waals surface area contributed by atoms with Crippen molar-refractivity contribution >= 4 is 40.1 Å². The zero-order valence-corrected chi connectivity index (χ0v) is 22.5. The van der Waals surface area contributed by atoms with E-state index in [1.807, 2.05) is 52.8 Å². The highest BCUT2D eigenvalue weighted by Gasteiger charge is 2.29. The van der Waals surface area contributed by atoms with Gasteiger partial charge in [0.15, 0.2) is 0 Å². The molecular weight excluding hydrogens is 514 g/mol. The van der Waals surface area contributed by atoms with Gasteiger partial charge in [0.1, 0.15) is 5.69 Å². The molecular formula is C28H31N7O3S. The summed E-state index contributed by atoms with van der Waals surface area (Å²) in [5.41, 5.74) is 3.33. The van der Waals surface area contributed by atoms with Crippen molar-refractivity contribution in [3.05, 3.63) is 71.8 Å². The van der Waals surface area contributed by atoms with E-state index in [-0.39, 0.29) is 30.5 Å². The van der Waals surface area contributed by atoms with Gasteiger partial charge in [-0.2, -0.15) is 5.10 Å². The van der Waals surface area contributed by atoms with Gasteiger partial charge in [0.2, 0.25) is 11.9 Å². The molecule has 1 aliphatic heterocycles. The van der Waals surface area contributed by atoms with Crippen molar-refractivity contribution < 1.29 is 14.7 Å². The normalized spacial score (nSPS) is 15.9. The Hall–Kier alpha value is -3.93. The fourth-order valence-corrected chi connectivity index (χ4v) is 5.63. The Balaban J connectivity index is 1.44. The first-order valence-electron chi connectivity index (χ1n) is 12.9. The molecule has 1 aliphatic rings. The topological polar surface area (TPSA) is 125 Å². The number of nitrogens with zero attached hydrogens (tertiary/aromatic N) is 5. The van der Waals surface area contributed by atoms with E-state index in [1.54, 1.807) is 12.3 Å². The predicted octanol–water partition coefficient (Wildman–Crippen LogP) is 3.45. The van der Waals surface area contributed by atoms with Crippen molar-refractivity contribution in [2.24, 2.45) is 0 Å². The van der Waals surface area contributed by atoms with Crippen LogP contribution in [0.3, 0.4) is 0 Å². The summed E-state index contributed by atoms with van der Waals surface area (Å²) in [5, 5.41) is 23.6. The lowest BCUT2D eigenvalue weighted by atomic mass is 10.1. The van der Waals surface area contributed by atoms with E-state index in [9.17, 15) is 14.7 Å². The average Bonchev–Trinajstić information content (AvgIpc) is 3.71. The third-order valence-electron chi connectivity index (χ3n) is 6.85. The lowest BCUT2D eigenvalue weighted by molar-refractivity contribution is -0.126. The standard InChI is InChI=1S/C28H31N7O3S/c1-3-26(37)34-13-5-6-20(34)16-35-23-9-8-19(15-29-18(2)17-36)14-22(23)31-28(35)32-27(38)25-11-10-24(39-25)21-7-4-12-30-33-21/h3-4,7-12,14,18,20,29,36H,1,5-6,13,15-17H2,2H3,(H,31,32,38). The molecule has 0 radical (unpaired) electrons. The monoisotopic (exact) mass is 545 g/mol. The second-order valence-corrected chi connectivity index (χ2v) is 10.7. The number of aromatic nitrogens is 4. The van der Waals surface area contributed by atoms with Gasteiger partial charge in [-0.25, -0.2) is 4.98 Å². The number of fused-ring (bicyclic) bond motifs is 1. The molecule has 1 aromatic carbocycles. The smallest absolute Gasteiger partial charge is 0.268 e. The number of amides is 2. The van der Waals surface area contributed by atoms with Crippen molar-refractivity contribution in [2.75, 3.05) is 18.5 Å². The molecule has 0 saturated carbocycles. The fourth-order valence-electron chi connectivity index (χ4n) is 4.76. The highest BCUT2D eigenvalue weighted by atomic mass is 32.1. The summed E-state index contributed by atoms with van der Waals surface area (Å²) in [7, 11) is 0. The molecule has 4 heterocycles. The molecule has 0 bridgehead atoms. The summed E-state index contributed by atoms with van der Waals surface area (Å²) < 4.78 is 1.98. The molecule has 39 heavy (non-hydrogen) atoms. The van der Waals surface area contributed by atoms with Crippen LogP contribution in [-0.4, -0.2) is 66.8 Å². The molecule has 0 spiro atoms. The Morgan fingerprint density at radius 1 is 1.28 bits per heavy atom. The summed E-state index contributed by atoms with van der Waals surface area (Å²) in [4.78, 5) is 33.8. The van der Waals surface area contributed by atoms with Crippen molar-refractivity contribution in [2.45, 2.75) is 44.9 Å². The lowest BCUT2D eigenvalue weighted by Crippen LogP contribution is -2.37. The number of carbonyl (C=O) groups excluding carboxylic acids is 2. The highest BCUT2D eigenvalue weighted by Crippen LogP contribution is 2.29. The van der Waals surface area contributed by atoms with Crippen LogP contribution in [-0.2, 0) is 17.9 Å². The fraction of sp³-hybridized carbons (Fsp3) is 0.321. The second kappa shape index (κ2) is 11.9. The number of rotatable bonds is 10. The van der Waals surface area contributed by atoms with Crippen LogP contribution >= 0.6 is 11.3 Å².